The summed E-state index contributed by atoms with van der Waals surface area (Å²) < 4.78 is 0. The van der Waals surface area contributed by atoms with Crippen LogP contribution in [0.15, 0.2) is 0 Å². The second-order valence-corrected chi connectivity index (χ2v) is 6.98. The van der Waals surface area contributed by atoms with E-state index in [0.717, 1.165) is 45.6 Å². The van der Waals surface area contributed by atoms with E-state index in [9.17, 15) is 4.79 Å². The van der Waals surface area contributed by atoms with Crippen LogP contribution in [-0.4, -0.2) is 73.0 Å². The number of amides is 1. The van der Waals surface area contributed by atoms with Crippen molar-refractivity contribution in [2.24, 2.45) is 11.3 Å². The Morgan fingerprint density at radius 2 is 1.65 bits per heavy atom. The number of piperazine rings is 1. The fraction of sp³-hybridized carbons (Fsp3) is 0.938. The third-order valence-electron chi connectivity index (χ3n) is 5.80. The lowest BCUT2D eigenvalue weighted by atomic mass is 9.61. The number of carbonyl (C=O) groups is 1. The zero-order valence-electron chi connectivity index (χ0n) is 13.1. The molecule has 2 aliphatic heterocycles. The van der Waals surface area contributed by atoms with Crippen molar-refractivity contribution in [3.8, 4) is 0 Å². The predicted molar refractivity (Wildman–Crippen MR) is 80.6 cm³/mol. The average molecular weight is 279 g/mol. The van der Waals surface area contributed by atoms with Crippen LogP contribution in [0.3, 0.4) is 0 Å². The number of hydrogen-bond acceptors (Lipinski definition) is 3. The van der Waals surface area contributed by atoms with Gasteiger partial charge in [0.1, 0.15) is 0 Å². The summed E-state index contributed by atoms with van der Waals surface area (Å²) in [5, 5.41) is 0. The van der Waals surface area contributed by atoms with Gasteiger partial charge >= 0.3 is 0 Å². The molecule has 0 atom stereocenters. The first-order chi connectivity index (χ1) is 9.65. The second kappa shape index (κ2) is 5.64. The summed E-state index contributed by atoms with van der Waals surface area (Å²) in [6.45, 7) is 13.2. The highest BCUT2D eigenvalue weighted by Gasteiger charge is 2.51. The number of rotatable bonds is 3. The molecule has 0 N–H and O–H groups in total. The van der Waals surface area contributed by atoms with Crippen LogP contribution in [0.5, 0.6) is 0 Å². The molecule has 0 radical (unpaired) electrons. The third kappa shape index (κ3) is 2.60. The van der Waals surface area contributed by atoms with Crippen molar-refractivity contribution in [2.45, 2.75) is 33.1 Å². The number of likely N-dealkylation sites (N-methyl/N-ethyl adjacent to an activating group) is 1. The van der Waals surface area contributed by atoms with Crippen molar-refractivity contribution in [3.63, 3.8) is 0 Å². The van der Waals surface area contributed by atoms with Crippen LogP contribution in [0.1, 0.15) is 33.1 Å². The Hall–Kier alpha value is -0.610. The smallest absolute Gasteiger partial charge is 0.225 e. The minimum atomic E-state index is 0.333. The number of carbonyl (C=O) groups excluding carboxylic acids is 1. The normalized spacial score (nSPS) is 35.5. The summed E-state index contributed by atoms with van der Waals surface area (Å²) in [5.41, 5.74) is 0.502. The summed E-state index contributed by atoms with van der Waals surface area (Å²) >= 11 is 0. The molecule has 3 rings (SSSR count). The zero-order chi connectivity index (χ0) is 14.2. The number of hydrogen-bond donors (Lipinski definition) is 0. The first-order valence-electron chi connectivity index (χ1n) is 8.39. The molecule has 20 heavy (non-hydrogen) atoms. The van der Waals surface area contributed by atoms with Crippen LogP contribution in [0, 0.1) is 11.3 Å². The fourth-order valence-electron chi connectivity index (χ4n) is 4.33. The molecule has 0 aromatic heterocycles. The molecule has 114 valence electrons. The molecular formula is C16H29N3O. The Bertz CT molecular complexity index is 357. The molecule has 0 aromatic rings. The van der Waals surface area contributed by atoms with Gasteiger partial charge in [-0.25, -0.2) is 0 Å². The zero-order valence-corrected chi connectivity index (χ0v) is 13.1. The lowest BCUT2D eigenvalue weighted by Gasteiger charge is -2.47. The van der Waals surface area contributed by atoms with Crippen LogP contribution in [0.4, 0.5) is 0 Å². The van der Waals surface area contributed by atoms with Crippen molar-refractivity contribution in [2.75, 3.05) is 52.4 Å². The van der Waals surface area contributed by atoms with Crippen molar-refractivity contribution in [1.82, 2.24) is 14.7 Å². The van der Waals surface area contributed by atoms with Gasteiger partial charge < -0.3 is 14.7 Å². The van der Waals surface area contributed by atoms with Crippen molar-refractivity contribution in [3.05, 3.63) is 0 Å². The molecule has 1 spiro atoms. The number of nitrogens with zero attached hydrogens (tertiary/aromatic N) is 3. The SMILES string of the molecule is CCN1CCN(C(=O)C2CC3(CCN(CC)C3)C2)CC1. The lowest BCUT2D eigenvalue weighted by molar-refractivity contribution is -0.145. The summed E-state index contributed by atoms with van der Waals surface area (Å²) in [4.78, 5) is 19.7. The quantitative estimate of drug-likeness (QED) is 0.778. The van der Waals surface area contributed by atoms with E-state index < -0.39 is 0 Å². The summed E-state index contributed by atoms with van der Waals surface area (Å²) in [7, 11) is 0. The van der Waals surface area contributed by atoms with E-state index >= 15 is 0 Å². The van der Waals surface area contributed by atoms with Crippen molar-refractivity contribution >= 4 is 5.91 Å². The van der Waals surface area contributed by atoms with Gasteiger partial charge in [-0.1, -0.05) is 13.8 Å². The van der Waals surface area contributed by atoms with Gasteiger partial charge in [0.2, 0.25) is 5.91 Å². The van der Waals surface area contributed by atoms with Crippen LogP contribution >= 0.6 is 0 Å². The molecule has 1 aliphatic carbocycles. The maximum absolute atomic E-state index is 12.6. The van der Waals surface area contributed by atoms with Gasteiger partial charge in [0.15, 0.2) is 0 Å². The summed E-state index contributed by atoms with van der Waals surface area (Å²) in [6.07, 6.45) is 3.61. The first kappa shape index (κ1) is 14.3. The number of likely N-dealkylation sites (tertiary alicyclic amines) is 1. The third-order valence-corrected chi connectivity index (χ3v) is 5.80. The first-order valence-corrected chi connectivity index (χ1v) is 8.39. The Balaban J connectivity index is 1.47. The van der Waals surface area contributed by atoms with E-state index in [2.05, 4.69) is 28.5 Å². The van der Waals surface area contributed by atoms with E-state index in [1.165, 1.54) is 26.1 Å². The summed E-state index contributed by atoms with van der Waals surface area (Å²) in [6, 6.07) is 0. The van der Waals surface area contributed by atoms with Gasteiger partial charge in [0.25, 0.3) is 0 Å². The second-order valence-electron chi connectivity index (χ2n) is 6.98. The Morgan fingerprint density at radius 1 is 1.00 bits per heavy atom. The van der Waals surface area contributed by atoms with Gasteiger partial charge in [-0.15, -0.1) is 0 Å². The van der Waals surface area contributed by atoms with E-state index in [1.54, 1.807) is 0 Å². The largest absolute Gasteiger partial charge is 0.340 e. The van der Waals surface area contributed by atoms with E-state index in [1.807, 2.05) is 0 Å². The van der Waals surface area contributed by atoms with E-state index in [4.69, 9.17) is 0 Å². The van der Waals surface area contributed by atoms with Crippen LogP contribution in [0.2, 0.25) is 0 Å². The van der Waals surface area contributed by atoms with Gasteiger partial charge in [0, 0.05) is 38.6 Å². The Kier molecular flexibility index (Phi) is 4.04. The molecule has 0 unspecified atom stereocenters. The minimum absolute atomic E-state index is 0.333. The molecule has 0 aromatic carbocycles. The molecule has 3 aliphatic rings. The maximum atomic E-state index is 12.6. The average Bonchev–Trinajstić information content (AvgIpc) is 2.90. The molecule has 0 bridgehead atoms. The Labute approximate surface area is 123 Å². The molecule has 4 nitrogen and oxygen atoms in total. The fourth-order valence-corrected chi connectivity index (χ4v) is 4.33. The molecule has 2 saturated heterocycles. The van der Waals surface area contributed by atoms with Crippen molar-refractivity contribution in [1.29, 1.82) is 0 Å². The lowest BCUT2D eigenvalue weighted by Crippen LogP contribution is -2.54. The van der Waals surface area contributed by atoms with Crippen LogP contribution in [0.25, 0.3) is 0 Å². The van der Waals surface area contributed by atoms with Gasteiger partial charge in [-0.3, -0.25) is 4.79 Å². The predicted octanol–water partition coefficient (Wildman–Crippen LogP) is 1.27. The highest BCUT2D eigenvalue weighted by Crippen LogP contribution is 2.52. The molecule has 1 saturated carbocycles. The van der Waals surface area contributed by atoms with Gasteiger partial charge in [0.05, 0.1) is 0 Å². The standard InChI is InChI=1S/C16H29N3O/c1-3-17-7-9-19(10-8-17)15(20)14-11-16(12-14)5-6-18(4-2)13-16/h14H,3-13H2,1-2H3. The molecule has 3 fully saturated rings. The molecule has 2 heterocycles. The minimum Gasteiger partial charge on any atom is -0.340 e. The van der Waals surface area contributed by atoms with Crippen molar-refractivity contribution < 1.29 is 4.79 Å². The maximum Gasteiger partial charge on any atom is 0.225 e. The van der Waals surface area contributed by atoms with Gasteiger partial charge in [-0.2, -0.15) is 0 Å². The highest BCUT2D eigenvalue weighted by molar-refractivity contribution is 5.80. The molecule has 4 heteroatoms. The Morgan fingerprint density at radius 3 is 2.20 bits per heavy atom. The van der Waals surface area contributed by atoms with Gasteiger partial charge in [-0.05, 0) is 44.3 Å². The summed E-state index contributed by atoms with van der Waals surface area (Å²) in [5.74, 6) is 0.779. The monoisotopic (exact) mass is 279 g/mol. The van der Waals surface area contributed by atoms with Crippen LogP contribution in [-0.2, 0) is 4.79 Å². The van der Waals surface area contributed by atoms with E-state index in [-0.39, 0.29) is 0 Å². The molecular weight excluding hydrogens is 250 g/mol. The topological polar surface area (TPSA) is 26.8 Å². The molecule has 1 amide bonds. The van der Waals surface area contributed by atoms with E-state index in [0.29, 0.717) is 17.2 Å². The van der Waals surface area contributed by atoms with Crippen LogP contribution < -0.4 is 0 Å². The highest BCUT2D eigenvalue weighted by atomic mass is 16.2.